The molecule has 0 heterocycles. The van der Waals surface area contributed by atoms with Gasteiger partial charge < -0.3 is 0 Å². The van der Waals surface area contributed by atoms with Gasteiger partial charge in [-0.2, -0.15) is 0 Å². The van der Waals surface area contributed by atoms with E-state index < -0.39 is 0 Å². The highest BCUT2D eigenvalue weighted by atomic mass is 15.2. The summed E-state index contributed by atoms with van der Waals surface area (Å²) in [6.45, 7) is 19.0. The van der Waals surface area contributed by atoms with Crippen molar-refractivity contribution >= 4 is 0 Å². The van der Waals surface area contributed by atoms with Crippen LogP contribution in [0.5, 0.6) is 0 Å². The van der Waals surface area contributed by atoms with Crippen LogP contribution in [0.25, 0.3) is 22.3 Å². The van der Waals surface area contributed by atoms with Crippen molar-refractivity contribution in [3.8, 4) is 22.3 Å². The smallest absolute Gasteiger partial charge is 0.0725 e. The topological polar surface area (TPSA) is 6.48 Å². The summed E-state index contributed by atoms with van der Waals surface area (Å²) in [5.74, 6) is 0. The maximum Gasteiger partial charge on any atom is 0.0725 e. The van der Waals surface area contributed by atoms with Crippen LogP contribution in [0.4, 0.5) is 0 Å². The minimum absolute atomic E-state index is 0.0555. The monoisotopic (exact) mass is 514 g/mol. The van der Waals surface area contributed by atoms with Crippen LogP contribution in [0.2, 0.25) is 0 Å². The molecule has 2 heteroatoms. The molecule has 0 aromatic heterocycles. The first kappa shape index (κ1) is 26.0. The van der Waals surface area contributed by atoms with Crippen molar-refractivity contribution in [2.45, 2.75) is 59.0 Å². The second-order valence-electron chi connectivity index (χ2n) is 11.7. The normalized spacial score (nSPS) is 14.6. The quantitative estimate of drug-likeness (QED) is 0.201. The molecule has 0 saturated carbocycles. The second-order valence-corrected chi connectivity index (χ2v) is 11.7. The Kier molecular flexibility index (Phi) is 6.52. The fourth-order valence-electron chi connectivity index (χ4n) is 7.57. The summed E-state index contributed by atoms with van der Waals surface area (Å²) in [6, 6.07) is 32.9. The van der Waals surface area contributed by atoms with E-state index in [1.807, 2.05) is 0 Å². The fraction of sp³-hybridized carbons (Fsp3) is 0.351. The van der Waals surface area contributed by atoms with Crippen LogP contribution >= 0.6 is 0 Å². The molecule has 39 heavy (non-hydrogen) atoms. The summed E-state index contributed by atoms with van der Waals surface area (Å²) in [4.78, 5) is 5.08. The SMILES string of the molecule is CCN(CC)Cc1ccc2c(c1)C1(c3ccccc3-c3ccccc31)c1cc(C(C)(C)N(CC)CC)ccc1-2. The standard InChI is InChI=1S/C37H42N2/c1-7-38(8-2)25-26-19-21-30-31-22-20-27(36(5,6)39(9-3)10-4)24-35(31)37(34(30)23-26)32-17-13-11-15-28(32)29-16-12-14-18-33(29)37/h11-24H,7-10,25H2,1-6H3. The zero-order valence-electron chi connectivity index (χ0n) is 24.5. The third-order valence-corrected chi connectivity index (χ3v) is 9.72. The number of hydrogen-bond acceptors (Lipinski definition) is 2. The number of rotatable bonds is 8. The maximum absolute atomic E-state index is 2.57. The number of hydrogen-bond donors (Lipinski definition) is 0. The van der Waals surface area contributed by atoms with Gasteiger partial charge in [-0.1, -0.05) is 113 Å². The summed E-state index contributed by atoms with van der Waals surface area (Å²) >= 11 is 0. The van der Waals surface area contributed by atoms with Crippen molar-refractivity contribution in [3.63, 3.8) is 0 Å². The van der Waals surface area contributed by atoms with Crippen molar-refractivity contribution in [3.05, 3.63) is 118 Å². The van der Waals surface area contributed by atoms with Crippen molar-refractivity contribution in [2.24, 2.45) is 0 Å². The minimum atomic E-state index is -0.299. The highest BCUT2D eigenvalue weighted by Crippen LogP contribution is 2.63. The van der Waals surface area contributed by atoms with Crippen LogP contribution in [0, 0.1) is 0 Å². The minimum Gasteiger partial charge on any atom is -0.300 e. The van der Waals surface area contributed by atoms with Gasteiger partial charge in [-0.25, -0.2) is 0 Å². The van der Waals surface area contributed by atoms with Crippen LogP contribution in [-0.2, 0) is 17.5 Å². The van der Waals surface area contributed by atoms with Crippen molar-refractivity contribution in [2.75, 3.05) is 26.2 Å². The zero-order chi connectivity index (χ0) is 27.4. The molecule has 0 atom stereocenters. The molecule has 1 spiro atoms. The van der Waals surface area contributed by atoms with E-state index >= 15 is 0 Å². The van der Waals surface area contributed by atoms with Gasteiger partial charge >= 0.3 is 0 Å². The van der Waals surface area contributed by atoms with E-state index in [0.717, 1.165) is 32.7 Å². The highest BCUT2D eigenvalue weighted by molar-refractivity contribution is 5.95. The summed E-state index contributed by atoms with van der Waals surface area (Å²) in [5.41, 5.74) is 13.7. The molecule has 0 aliphatic heterocycles. The van der Waals surface area contributed by atoms with Gasteiger partial charge in [0.25, 0.3) is 0 Å². The van der Waals surface area contributed by atoms with Gasteiger partial charge in [-0.05, 0) is 95.7 Å². The predicted octanol–water partition coefficient (Wildman–Crippen LogP) is 8.45. The van der Waals surface area contributed by atoms with Gasteiger partial charge in [0.2, 0.25) is 0 Å². The van der Waals surface area contributed by atoms with Gasteiger partial charge in [-0.3, -0.25) is 9.80 Å². The molecule has 6 rings (SSSR count). The molecular formula is C37H42N2. The maximum atomic E-state index is 2.57. The molecule has 4 aromatic rings. The Bertz CT molecular complexity index is 1470. The molecule has 0 saturated heterocycles. The Morgan fingerprint density at radius 3 is 1.64 bits per heavy atom. The van der Waals surface area contributed by atoms with E-state index in [0.29, 0.717) is 0 Å². The summed E-state index contributed by atoms with van der Waals surface area (Å²) in [5, 5.41) is 0. The van der Waals surface area contributed by atoms with Crippen molar-refractivity contribution in [1.29, 1.82) is 0 Å². The molecule has 0 N–H and O–H groups in total. The molecule has 2 aliphatic rings. The predicted molar refractivity (Wildman–Crippen MR) is 165 cm³/mol. The van der Waals surface area contributed by atoms with E-state index in [-0.39, 0.29) is 11.0 Å². The third-order valence-electron chi connectivity index (χ3n) is 9.72. The molecule has 0 unspecified atom stereocenters. The third kappa shape index (κ3) is 3.68. The van der Waals surface area contributed by atoms with Gasteiger partial charge in [0.05, 0.1) is 5.41 Å². The van der Waals surface area contributed by atoms with Crippen LogP contribution in [-0.4, -0.2) is 36.0 Å². The number of nitrogens with zero attached hydrogens (tertiary/aromatic N) is 2. The molecule has 0 amide bonds. The van der Waals surface area contributed by atoms with Gasteiger partial charge in [0, 0.05) is 12.1 Å². The van der Waals surface area contributed by atoms with Crippen LogP contribution < -0.4 is 0 Å². The molecule has 0 bridgehead atoms. The molecule has 0 fully saturated rings. The molecule has 2 aliphatic carbocycles. The average molecular weight is 515 g/mol. The van der Waals surface area contributed by atoms with E-state index in [2.05, 4.69) is 136 Å². The number of benzene rings is 4. The molecule has 4 aromatic carbocycles. The Morgan fingerprint density at radius 2 is 1.08 bits per heavy atom. The molecule has 200 valence electrons. The molecule has 2 nitrogen and oxygen atoms in total. The Labute approximate surface area is 235 Å². The molecule has 0 radical (unpaired) electrons. The van der Waals surface area contributed by atoms with E-state index in [4.69, 9.17) is 0 Å². The van der Waals surface area contributed by atoms with Crippen molar-refractivity contribution in [1.82, 2.24) is 9.80 Å². The van der Waals surface area contributed by atoms with Crippen LogP contribution in [0.3, 0.4) is 0 Å². The lowest BCUT2D eigenvalue weighted by atomic mass is 9.69. The van der Waals surface area contributed by atoms with E-state index in [1.54, 1.807) is 0 Å². The van der Waals surface area contributed by atoms with E-state index in [1.165, 1.54) is 55.6 Å². The first-order valence-electron chi connectivity index (χ1n) is 14.9. The summed E-state index contributed by atoms with van der Waals surface area (Å²) < 4.78 is 0. The average Bonchev–Trinajstić information content (AvgIpc) is 3.43. The van der Waals surface area contributed by atoms with Gasteiger partial charge in [0.1, 0.15) is 0 Å². The molecular weight excluding hydrogens is 472 g/mol. The second kappa shape index (κ2) is 9.77. The lowest BCUT2D eigenvalue weighted by molar-refractivity contribution is 0.135. The van der Waals surface area contributed by atoms with Crippen LogP contribution in [0.15, 0.2) is 84.9 Å². The Balaban J connectivity index is 1.66. The zero-order valence-corrected chi connectivity index (χ0v) is 24.5. The fourth-order valence-corrected chi connectivity index (χ4v) is 7.57. The van der Waals surface area contributed by atoms with Crippen LogP contribution in [0.1, 0.15) is 74.9 Å². The summed E-state index contributed by atoms with van der Waals surface area (Å²) in [6.07, 6.45) is 0. The summed E-state index contributed by atoms with van der Waals surface area (Å²) in [7, 11) is 0. The van der Waals surface area contributed by atoms with Crippen molar-refractivity contribution < 1.29 is 0 Å². The first-order chi connectivity index (χ1) is 18.9. The lowest BCUT2D eigenvalue weighted by Gasteiger charge is -2.39. The van der Waals surface area contributed by atoms with Gasteiger partial charge in [0.15, 0.2) is 0 Å². The van der Waals surface area contributed by atoms with Gasteiger partial charge in [-0.15, -0.1) is 0 Å². The number of fused-ring (bicyclic) bond motifs is 10. The highest BCUT2D eigenvalue weighted by Gasteiger charge is 2.52. The Hall–Kier alpha value is -3.20. The largest absolute Gasteiger partial charge is 0.300 e. The van der Waals surface area contributed by atoms with E-state index in [9.17, 15) is 0 Å². The lowest BCUT2D eigenvalue weighted by Crippen LogP contribution is -2.41. The Morgan fingerprint density at radius 1 is 0.564 bits per heavy atom. The first-order valence-corrected chi connectivity index (χ1v) is 14.9.